The molecule has 2 rings (SSSR count). The molecule has 0 radical (unpaired) electrons. The van der Waals surface area contributed by atoms with Crippen LogP contribution in [-0.4, -0.2) is 34.5 Å². The van der Waals surface area contributed by atoms with E-state index in [9.17, 15) is 9.59 Å². The first-order chi connectivity index (χ1) is 10.0. The number of allylic oxidation sites excluding steroid dienone is 1. The van der Waals surface area contributed by atoms with Crippen molar-refractivity contribution >= 4 is 18.0 Å². The number of aryl methyl sites for hydroxylation is 1. The molecule has 0 bridgehead atoms. The van der Waals surface area contributed by atoms with Crippen LogP contribution in [0.1, 0.15) is 48.2 Å². The van der Waals surface area contributed by atoms with Gasteiger partial charge in [0.05, 0.1) is 0 Å². The highest BCUT2D eigenvalue weighted by Gasteiger charge is 2.23. The van der Waals surface area contributed by atoms with E-state index in [1.165, 1.54) is 4.90 Å². The number of hydrogen-bond donors (Lipinski definition) is 1. The number of carboxylic acid groups (broad SMARTS) is 1. The number of amides is 1. The minimum absolute atomic E-state index is 0.0930. The van der Waals surface area contributed by atoms with Crippen LogP contribution >= 0.6 is 0 Å². The summed E-state index contributed by atoms with van der Waals surface area (Å²) in [5, 5.41) is 9.01. The number of carbonyl (C=O) groups excluding carboxylic acids is 1. The molecule has 1 amide bonds. The Kier molecular flexibility index (Phi) is 4.78. The van der Waals surface area contributed by atoms with Crippen molar-refractivity contribution in [2.24, 2.45) is 0 Å². The summed E-state index contributed by atoms with van der Waals surface area (Å²) >= 11 is 0. The quantitative estimate of drug-likeness (QED) is 0.905. The first kappa shape index (κ1) is 15.3. The normalized spacial score (nSPS) is 14.4. The van der Waals surface area contributed by atoms with Crippen molar-refractivity contribution in [3.63, 3.8) is 0 Å². The van der Waals surface area contributed by atoms with Crippen molar-refractivity contribution in [3.05, 3.63) is 41.0 Å². The third kappa shape index (κ3) is 3.51. The zero-order valence-corrected chi connectivity index (χ0v) is 12.5. The monoisotopic (exact) mass is 287 g/mol. The number of carbonyl (C=O) groups is 2. The van der Waals surface area contributed by atoms with Crippen molar-refractivity contribution in [1.82, 2.24) is 4.90 Å². The zero-order valence-electron chi connectivity index (χ0n) is 12.5. The Hall–Kier alpha value is -2.10. The molecule has 0 aromatic heterocycles. The lowest BCUT2D eigenvalue weighted by atomic mass is 9.95. The molecule has 0 saturated heterocycles. The maximum atomic E-state index is 12.6. The standard InChI is InChI=1S/C17H21NO3/c1-3-12(2)18(11-16(19)20)17(21)15-9-8-13-6-4-5-7-14(13)10-15/h4,6,8-10,12H,3,5,7,11H2,1-2H3,(H,19,20). The highest BCUT2D eigenvalue weighted by molar-refractivity contribution is 5.96. The summed E-state index contributed by atoms with van der Waals surface area (Å²) in [7, 11) is 0. The lowest BCUT2D eigenvalue weighted by molar-refractivity contribution is -0.138. The summed E-state index contributed by atoms with van der Waals surface area (Å²) < 4.78 is 0. The summed E-state index contributed by atoms with van der Waals surface area (Å²) in [6, 6.07) is 5.53. The molecular formula is C17H21NO3. The van der Waals surface area contributed by atoms with E-state index in [0.29, 0.717) is 5.56 Å². The number of benzene rings is 1. The average Bonchev–Trinajstić information content (AvgIpc) is 2.50. The topological polar surface area (TPSA) is 57.6 Å². The molecule has 1 unspecified atom stereocenters. The van der Waals surface area contributed by atoms with E-state index in [4.69, 9.17) is 5.11 Å². The second kappa shape index (κ2) is 6.57. The number of carboxylic acids is 1. The van der Waals surface area contributed by atoms with E-state index in [1.807, 2.05) is 26.0 Å². The first-order valence-corrected chi connectivity index (χ1v) is 7.35. The Morgan fingerprint density at radius 3 is 2.81 bits per heavy atom. The van der Waals surface area contributed by atoms with E-state index >= 15 is 0 Å². The fraction of sp³-hybridized carbons (Fsp3) is 0.412. The zero-order chi connectivity index (χ0) is 15.4. The Labute approximate surface area is 125 Å². The van der Waals surface area contributed by atoms with Gasteiger partial charge in [0.1, 0.15) is 6.54 Å². The van der Waals surface area contributed by atoms with Crippen LogP contribution < -0.4 is 0 Å². The van der Waals surface area contributed by atoms with Crippen LogP contribution in [0.25, 0.3) is 6.08 Å². The Bertz CT molecular complexity index is 577. The molecule has 0 spiro atoms. The number of hydrogen-bond acceptors (Lipinski definition) is 2. The molecule has 0 fully saturated rings. The number of rotatable bonds is 5. The summed E-state index contributed by atoms with van der Waals surface area (Å²) in [6.45, 7) is 3.57. The molecule has 4 heteroatoms. The summed E-state index contributed by atoms with van der Waals surface area (Å²) in [4.78, 5) is 25.0. The van der Waals surface area contributed by atoms with Crippen LogP contribution in [0.15, 0.2) is 24.3 Å². The lowest BCUT2D eigenvalue weighted by Crippen LogP contribution is -2.41. The molecule has 112 valence electrons. The largest absolute Gasteiger partial charge is 0.480 e. The Balaban J connectivity index is 2.28. The fourth-order valence-corrected chi connectivity index (χ4v) is 2.53. The average molecular weight is 287 g/mol. The third-order valence-electron chi connectivity index (χ3n) is 3.96. The molecule has 1 N–H and O–H groups in total. The fourth-order valence-electron chi connectivity index (χ4n) is 2.53. The van der Waals surface area contributed by atoms with Gasteiger partial charge in [-0.1, -0.05) is 25.1 Å². The molecule has 1 aromatic rings. The summed E-state index contributed by atoms with van der Waals surface area (Å²) in [6.07, 6.45) is 6.83. The molecule has 0 saturated carbocycles. The van der Waals surface area contributed by atoms with Gasteiger partial charge in [-0.05, 0) is 49.4 Å². The maximum absolute atomic E-state index is 12.6. The highest BCUT2D eigenvalue weighted by atomic mass is 16.4. The van der Waals surface area contributed by atoms with Crippen LogP contribution in [0.5, 0.6) is 0 Å². The van der Waals surface area contributed by atoms with Crippen molar-refractivity contribution in [1.29, 1.82) is 0 Å². The molecule has 0 heterocycles. The molecule has 1 aromatic carbocycles. The molecule has 21 heavy (non-hydrogen) atoms. The van der Waals surface area contributed by atoms with E-state index in [2.05, 4.69) is 12.2 Å². The second-order valence-electron chi connectivity index (χ2n) is 5.44. The molecule has 4 nitrogen and oxygen atoms in total. The van der Waals surface area contributed by atoms with E-state index < -0.39 is 5.97 Å². The SMILES string of the molecule is CCC(C)N(CC(=O)O)C(=O)c1ccc2c(c1)CCC=C2. The van der Waals surface area contributed by atoms with Gasteiger partial charge in [0.25, 0.3) is 5.91 Å². The van der Waals surface area contributed by atoms with Crippen molar-refractivity contribution in [2.75, 3.05) is 6.54 Å². The van der Waals surface area contributed by atoms with Gasteiger partial charge in [-0.25, -0.2) is 0 Å². The van der Waals surface area contributed by atoms with Gasteiger partial charge in [0, 0.05) is 11.6 Å². The molecule has 1 aliphatic rings. The Morgan fingerprint density at radius 2 is 2.14 bits per heavy atom. The van der Waals surface area contributed by atoms with Crippen LogP contribution in [0.3, 0.4) is 0 Å². The van der Waals surface area contributed by atoms with E-state index in [-0.39, 0.29) is 18.5 Å². The first-order valence-electron chi connectivity index (χ1n) is 7.35. The van der Waals surface area contributed by atoms with Gasteiger partial charge in [0.15, 0.2) is 0 Å². The van der Waals surface area contributed by atoms with Gasteiger partial charge < -0.3 is 10.0 Å². The minimum Gasteiger partial charge on any atom is -0.480 e. The summed E-state index contributed by atoms with van der Waals surface area (Å²) in [5.41, 5.74) is 2.87. The Morgan fingerprint density at radius 1 is 1.38 bits per heavy atom. The third-order valence-corrected chi connectivity index (χ3v) is 3.96. The predicted molar refractivity (Wildman–Crippen MR) is 82.2 cm³/mol. The van der Waals surface area contributed by atoms with Crippen LogP contribution in [0, 0.1) is 0 Å². The smallest absolute Gasteiger partial charge is 0.323 e. The summed E-state index contributed by atoms with van der Waals surface area (Å²) in [5.74, 6) is -1.19. The predicted octanol–water partition coefficient (Wildman–Crippen LogP) is 2.97. The van der Waals surface area contributed by atoms with Gasteiger partial charge in [0.2, 0.25) is 0 Å². The van der Waals surface area contributed by atoms with Crippen molar-refractivity contribution in [3.8, 4) is 0 Å². The van der Waals surface area contributed by atoms with E-state index in [1.54, 1.807) is 6.07 Å². The van der Waals surface area contributed by atoms with Gasteiger partial charge >= 0.3 is 5.97 Å². The van der Waals surface area contributed by atoms with Gasteiger partial charge in [-0.3, -0.25) is 9.59 Å². The molecule has 0 aliphatic heterocycles. The maximum Gasteiger partial charge on any atom is 0.323 e. The number of nitrogens with zero attached hydrogens (tertiary/aromatic N) is 1. The van der Waals surface area contributed by atoms with Gasteiger partial charge in [-0.15, -0.1) is 0 Å². The van der Waals surface area contributed by atoms with E-state index in [0.717, 1.165) is 30.4 Å². The molecular weight excluding hydrogens is 266 g/mol. The second-order valence-corrected chi connectivity index (χ2v) is 5.44. The van der Waals surface area contributed by atoms with Crippen LogP contribution in [0.2, 0.25) is 0 Å². The lowest BCUT2D eigenvalue weighted by Gasteiger charge is -2.27. The van der Waals surface area contributed by atoms with Crippen molar-refractivity contribution < 1.29 is 14.7 Å². The number of fused-ring (bicyclic) bond motifs is 1. The minimum atomic E-state index is -0.982. The molecule has 1 atom stereocenters. The van der Waals surface area contributed by atoms with Crippen LogP contribution in [-0.2, 0) is 11.2 Å². The van der Waals surface area contributed by atoms with Crippen LogP contribution in [0.4, 0.5) is 0 Å². The van der Waals surface area contributed by atoms with Crippen molar-refractivity contribution in [2.45, 2.75) is 39.2 Å². The highest BCUT2D eigenvalue weighted by Crippen LogP contribution is 2.22. The number of aliphatic carboxylic acids is 1. The molecule has 1 aliphatic carbocycles. The van der Waals surface area contributed by atoms with Gasteiger partial charge in [-0.2, -0.15) is 0 Å².